The molecule has 9 nitrogen and oxygen atoms in total. The lowest BCUT2D eigenvalue weighted by Gasteiger charge is -2.44. The Labute approximate surface area is 483 Å². The first-order valence-electron chi connectivity index (χ1n) is 33.5. The number of nitrogens with zero attached hydrogens (tertiary/aromatic N) is 3. The molecule has 0 spiro atoms. The van der Waals surface area contributed by atoms with Gasteiger partial charge in [0.25, 0.3) is 35.4 Å². The summed E-state index contributed by atoms with van der Waals surface area (Å²) in [7, 11) is 0. The Kier molecular flexibility index (Phi) is 22.0. The molecule has 9 heteroatoms. The van der Waals surface area contributed by atoms with Crippen LogP contribution >= 0.6 is 0 Å². The Morgan fingerprint density at radius 3 is 1.40 bits per heavy atom. The van der Waals surface area contributed by atoms with Gasteiger partial charge in [0.2, 0.25) is 0 Å². The van der Waals surface area contributed by atoms with Crippen LogP contribution in [0.4, 0.5) is 0 Å². The average Bonchev–Trinajstić information content (AvgIpc) is 4.40. The van der Waals surface area contributed by atoms with Crippen LogP contribution in [0.25, 0.3) is 11.1 Å². The lowest BCUT2D eigenvalue weighted by Crippen LogP contribution is -2.35. The van der Waals surface area contributed by atoms with E-state index in [1.807, 2.05) is 24.3 Å². The van der Waals surface area contributed by atoms with Crippen molar-refractivity contribution >= 4 is 35.4 Å². The van der Waals surface area contributed by atoms with Crippen LogP contribution in [0.5, 0.6) is 0 Å². The predicted molar refractivity (Wildman–Crippen MR) is 322 cm³/mol. The van der Waals surface area contributed by atoms with E-state index in [9.17, 15) is 28.8 Å². The van der Waals surface area contributed by atoms with Gasteiger partial charge in [-0.3, -0.25) is 43.5 Å². The number of hydrogen-bond donors (Lipinski definition) is 0. The number of fused-ring (bicyclic) bond motifs is 7. The molecule has 4 fully saturated rings. The molecule has 0 N–H and O–H groups in total. The summed E-state index contributed by atoms with van der Waals surface area (Å²) in [5, 5.41) is 0. The van der Waals surface area contributed by atoms with E-state index in [4.69, 9.17) is 0 Å². The standard InChI is InChI=1S/C71H103N3O6/c1-5-7-9-11-17-23-29-57-51(27-21-10-8-6-2)31-32-52(58(57)30-24-18-13-15-19-25-39-72-66(75)37-38-67(72)76)28-22-16-12-14-20-26-40-73-68(77)59-35-33-53(45-64(59)70(73)79)54-34-36-60-65(46-54)71(80)74(69(60)78)48-50-42-61-56-44-55(41-49(3)4)62(47-56)63(61)43-50/h33-38,45-46,49-52,55-58,61-63H,5-32,39-44,47-48H2,1-4H3. The van der Waals surface area contributed by atoms with Crippen LogP contribution in [0.3, 0.4) is 0 Å². The third-order valence-corrected chi connectivity index (χ3v) is 21.5. The minimum Gasteiger partial charge on any atom is -0.275 e. The number of rotatable bonds is 35. The molecule has 10 atom stereocenters. The zero-order valence-electron chi connectivity index (χ0n) is 50.2. The minimum atomic E-state index is -0.237. The van der Waals surface area contributed by atoms with E-state index in [2.05, 4.69) is 27.7 Å². The monoisotopic (exact) mass is 1090 g/mol. The lowest BCUT2D eigenvalue weighted by molar-refractivity contribution is -0.136. The number of carbonyl (C=O) groups is 6. The zero-order valence-corrected chi connectivity index (χ0v) is 50.2. The molecule has 2 aromatic rings. The van der Waals surface area contributed by atoms with Crippen LogP contribution in [0.15, 0.2) is 48.6 Å². The summed E-state index contributed by atoms with van der Waals surface area (Å²) in [5.41, 5.74) is 3.33. The van der Waals surface area contributed by atoms with E-state index in [0.29, 0.717) is 47.8 Å². The van der Waals surface area contributed by atoms with E-state index in [1.165, 1.54) is 194 Å². The topological polar surface area (TPSA) is 112 Å². The summed E-state index contributed by atoms with van der Waals surface area (Å²) in [4.78, 5) is 83.4. The van der Waals surface area contributed by atoms with E-state index in [1.54, 1.807) is 12.1 Å². The van der Waals surface area contributed by atoms with Crippen LogP contribution in [-0.2, 0) is 9.59 Å². The van der Waals surface area contributed by atoms with Crippen LogP contribution in [0.2, 0.25) is 0 Å². The molecule has 0 aromatic heterocycles. The molecule has 0 radical (unpaired) electrons. The van der Waals surface area contributed by atoms with E-state index in [-0.39, 0.29) is 35.4 Å². The van der Waals surface area contributed by atoms with Gasteiger partial charge in [-0.15, -0.1) is 0 Å². The first kappa shape index (κ1) is 60.2. The molecule has 0 saturated heterocycles. The van der Waals surface area contributed by atoms with Crippen molar-refractivity contribution in [2.75, 3.05) is 19.6 Å². The predicted octanol–water partition coefficient (Wildman–Crippen LogP) is 17.3. The van der Waals surface area contributed by atoms with E-state index in [0.717, 1.165) is 115 Å². The molecule has 438 valence electrons. The van der Waals surface area contributed by atoms with E-state index < -0.39 is 0 Å². The summed E-state index contributed by atoms with van der Waals surface area (Å²) in [6.07, 6.45) is 44.8. The van der Waals surface area contributed by atoms with Gasteiger partial charge in [-0.2, -0.15) is 0 Å². The second kappa shape index (κ2) is 29.2. The van der Waals surface area contributed by atoms with Crippen LogP contribution in [0, 0.1) is 65.1 Å². The Morgan fingerprint density at radius 2 is 0.863 bits per heavy atom. The quantitative estimate of drug-likeness (QED) is 0.0502. The van der Waals surface area contributed by atoms with Gasteiger partial charge in [0.15, 0.2) is 0 Å². The maximum absolute atomic E-state index is 14.0. The number of hydrogen-bond acceptors (Lipinski definition) is 6. The van der Waals surface area contributed by atoms with Crippen LogP contribution < -0.4 is 0 Å². The third kappa shape index (κ3) is 14.5. The molecule has 3 aliphatic heterocycles. The maximum Gasteiger partial charge on any atom is 0.261 e. The molecule has 6 amide bonds. The summed E-state index contributed by atoms with van der Waals surface area (Å²) < 4.78 is 0. The molecule has 2 aromatic carbocycles. The Hall–Kier alpha value is -4.40. The highest BCUT2D eigenvalue weighted by Crippen LogP contribution is 2.63. The highest BCUT2D eigenvalue weighted by Gasteiger charge is 2.56. The summed E-state index contributed by atoms with van der Waals surface area (Å²) in [6.45, 7) is 10.8. The largest absolute Gasteiger partial charge is 0.275 e. The van der Waals surface area contributed by atoms with Gasteiger partial charge >= 0.3 is 0 Å². The number of carbonyl (C=O) groups excluding carboxylic acids is 6. The van der Waals surface area contributed by atoms with Crippen LogP contribution in [-0.4, -0.2) is 69.8 Å². The Balaban J connectivity index is 0.715. The fourth-order valence-corrected chi connectivity index (χ4v) is 17.5. The Morgan fingerprint density at radius 1 is 0.425 bits per heavy atom. The SMILES string of the molecule is CCCCCCCCC1C(CCCCCC)CCC(CCCCCCCCN2C(=O)c3ccc(-c4ccc5c(c4)C(=O)N(CC4CC6C7CC(CC(C)C)C(C7)C6C4)C5=O)cc3C2=O)C1CCCCCCCCN1C(=O)C=CC1=O. The first-order valence-corrected chi connectivity index (χ1v) is 33.5. The van der Waals surface area contributed by atoms with Gasteiger partial charge in [0, 0.05) is 31.8 Å². The zero-order chi connectivity index (χ0) is 56.1. The van der Waals surface area contributed by atoms with Crippen molar-refractivity contribution in [3.05, 3.63) is 70.8 Å². The molecule has 7 aliphatic rings. The minimum absolute atomic E-state index is 0.164. The maximum atomic E-state index is 14.0. The van der Waals surface area contributed by atoms with Crippen molar-refractivity contribution in [3.63, 3.8) is 0 Å². The number of unbranched alkanes of at least 4 members (excludes halogenated alkanes) is 18. The lowest BCUT2D eigenvalue weighted by atomic mass is 9.61. The highest BCUT2D eigenvalue weighted by molar-refractivity contribution is 6.23. The molecular formula is C71H103N3O6. The highest BCUT2D eigenvalue weighted by atomic mass is 16.2. The van der Waals surface area contributed by atoms with E-state index >= 15 is 0 Å². The number of benzene rings is 2. The summed E-state index contributed by atoms with van der Waals surface area (Å²) in [6, 6.07) is 10.9. The van der Waals surface area contributed by atoms with Gasteiger partial charge in [-0.25, -0.2) is 0 Å². The Bertz CT molecular complexity index is 2460. The average molecular weight is 1090 g/mol. The second-order valence-corrected chi connectivity index (χ2v) is 27.3. The van der Waals surface area contributed by atoms with Gasteiger partial charge in [-0.05, 0) is 171 Å². The molecular weight excluding hydrogens is 991 g/mol. The molecule has 80 heavy (non-hydrogen) atoms. The number of imide groups is 3. The van der Waals surface area contributed by atoms with Crippen LogP contribution in [0.1, 0.15) is 281 Å². The van der Waals surface area contributed by atoms with Gasteiger partial charge in [-0.1, -0.05) is 181 Å². The normalized spacial score (nSPS) is 26.8. The molecule has 9 rings (SSSR count). The number of amides is 6. The van der Waals surface area contributed by atoms with Crippen molar-refractivity contribution in [1.82, 2.24) is 14.7 Å². The molecule has 10 unspecified atom stereocenters. The molecule has 4 saturated carbocycles. The van der Waals surface area contributed by atoms with Gasteiger partial charge in [0.1, 0.15) is 0 Å². The van der Waals surface area contributed by atoms with Crippen molar-refractivity contribution in [3.8, 4) is 11.1 Å². The second-order valence-electron chi connectivity index (χ2n) is 27.3. The summed E-state index contributed by atoms with van der Waals surface area (Å²) in [5.74, 6) is 7.38. The van der Waals surface area contributed by atoms with Crippen molar-refractivity contribution in [1.29, 1.82) is 0 Å². The third-order valence-electron chi connectivity index (χ3n) is 21.5. The molecule has 2 bridgehead atoms. The fraction of sp³-hybridized carbons (Fsp3) is 0.718. The van der Waals surface area contributed by atoms with Gasteiger partial charge < -0.3 is 0 Å². The summed E-state index contributed by atoms with van der Waals surface area (Å²) >= 11 is 0. The van der Waals surface area contributed by atoms with Crippen molar-refractivity contribution in [2.45, 2.75) is 240 Å². The van der Waals surface area contributed by atoms with Crippen molar-refractivity contribution < 1.29 is 28.8 Å². The van der Waals surface area contributed by atoms with Crippen molar-refractivity contribution in [2.24, 2.45) is 65.1 Å². The smallest absolute Gasteiger partial charge is 0.261 e. The first-order chi connectivity index (χ1) is 38.9. The van der Waals surface area contributed by atoms with Gasteiger partial charge in [0.05, 0.1) is 22.3 Å². The molecule has 3 heterocycles. The fourth-order valence-electron chi connectivity index (χ4n) is 17.5. The molecule has 4 aliphatic carbocycles.